The number of hydrogen-bond donors (Lipinski definition) is 2. The molecule has 0 saturated heterocycles. The quantitative estimate of drug-likeness (QED) is 0.443. The molecule has 0 saturated carbocycles. The van der Waals surface area contributed by atoms with Crippen LogP contribution in [-0.2, 0) is 13.0 Å². The van der Waals surface area contributed by atoms with Crippen LogP contribution >= 0.6 is 11.3 Å². The predicted molar refractivity (Wildman–Crippen MR) is 117 cm³/mol. The molecule has 2 N–H and O–H groups in total. The van der Waals surface area contributed by atoms with E-state index in [2.05, 4.69) is 20.6 Å². The summed E-state index contributed by atoms with van der Waals surface area (Å²) in [7, 11) is 1.66. The zero-order valence-corrected chi connectivity index (χ0v) is 17.6. The van der Waals surface area contributed by atoms with E-state index >= 15 is 0 Å². The van der Waals surface area contributed by atoms with Gasteiger partial charge in [0.2, 0.25) is 0 Å². The first-order chi connectivity index (χ1) is 14.7. The Morgan fingerprint density at radius 3 is 2.77 bits per heavy atom. The zero-order valence-electron chi connectivity index (χ0n) is 16.8. The van der Waals surface area contributed by atoms with Crippen molar-refractivity contribution in [2.24, 2.45) is 0 Å². The number of benzene rings is 1. The minimum absolute atomic E-state index is 0.143. The van der Waals surface area contributed by atoms with E-state index in [1.54, 1.807) is 19.4 Å². The van der Waals surface area contributed by atoms with Gasteiger partial charge >= 0.3 is 0 Å². The van der Waals surface area contributed by atoms with Gasteiger partial charge in [-0.05, 0) is 48.7 Å². The number of hydrogen-bond acceptors (Lipinski definition) is 7. The third-order valence-electron chi connectivity index (χ3n) is 4.80. The summed E-state index contributed by atoms with van der Waals surface area (Å²) in [5, 5.41) is 7.17. The van der Waals surface area contributed by atoms with E-state index in [9.17, 15) is 4.79 Å². The van der Waals surface area contributed by atoms with Crippen molar-refractivity contribution in [2.45, 2.75) is 19.9 Å². The van der Waals surface area contributed by atoms with Crippen molar-refractivity contribution in [3.8, 4) is 5.75 Å². The molecule has 0 aliphatic heterocycles. The number of thiophene rings is 1. The van der Waals surface area contributed by atoms with E-state index in [-0.39, 0.29) is 5.91 Å². The lowest BCUT2D eigenvalue weighted by Crippen LogP contribution is -2.22. The Bertz CT molecular complexity index is 1140. The highest BCUT2D eigenvalue weighted by molar-refractivity contribution is 7.20. The second-order valence-electron chi connectivity index (χ2n) is 6.75. The third kappa shape index (κ3) is 4.28. The van der Waals surface area contributed by atoms with E-state index < -0.39 is 0 Å². The smallest absolute Gasteiger partial charge is 0.262 e. The molecule has 0 atom stereocenters. The summed E-state index contributed by atoms with van der Waals surface area (Å²) < 4.78 is 10.5. The summed E-state index contributed by atoms with van der Waals surface area (Å²) >= 11 is 1.37. The number of carbonyl (C=O) groups excluding carboxylic acids is 1. The molecule has 0 aliphatic carbocycles. The molecule has 1 aromatic carbocycles. The van der Waals surface area contributed by atoms with E-state index in [4.69, 9.17) is 9.15 Å². The number of ether oxygens (including phenoxy) is 1. The van der Waals surface area contributed by atoms with Gasteiger partial charge in [-0.15, -0.1) is 11.3 Å². The summed E-state index contributed by atoms with van der Waals surface area (Å²) in [5.41, 5.74) is 2.08. The van der Waals surface area contributed by atoms with Crippen LogP contribution in [0.3, 0.4) is 0 Å². The first kappa shape index (κ1) is 19.9. The topological polar surface area (TPSA) is 89.3 Å². The highest BCUT2D eigenvalue weighted by Gasteiger charge is 2.19. The monoisotopic (exact) mass is 422 g/mol. The second-order valence-corrected chi connectivity index (χ2v) is 7.74. The maximum atomic E-state index is 12.7. The highest BCUT2D eigenvalue weighted by atomic mass is 32.1. The SMILES string of the molecule is COc1ccc(CCNc2ncnc3sc(C(=O)NCc4ccco4)c(C)c23)cc1. The van der Waals surface area contributed by atoms with Gasteiger partial charge in [0.1, 0.15) is 28.5 Å². The molecule has 0 unspecified atom stereocenters. The molecular weight excluding hydrogens is 400 g/mol. The molecule has 0 spiro atoms. The molecule has 4 rings (SSSR count). The van der Waals surface area contributed by atoms with Crippen molar-refractivity contribution in [3.05, 3.63) is 70.8 Å². The minimum Gasteiger partial charge on any atom is -0.497 e. The Labute approximate surface area is 178 Å². The van der Waals surface area contributed by atoms with Crippen molar-refractivity contribution >= 4 is 33.3 Å². The van der Waals surface area contributed by atoms with Gasteiger partial charge in [-0.25, -0.2) is 9.97 Å². The van der Waals surface area contributed by atoms with Crippen molar-refractivity contribution < 1.29 is 13.9 Å². The maximum absolute atomic E-state index is 12.7. The third-order valence-corrected chi connectivity index (χ3v) is 6.00. The lowest BCUT2D eigenvalue weighted by atomic mass is 10.1. The Balaban J connectivity index is 1.46. The fourth-order valence-electron chi connectivity index (χ4n) is 3.20. The van der Waals surface area contributed by atoms with E-state index in [0.717, 1.165) is 33.8 Å². The second kappa shape index (κ2) is 8.96. The van der Waals surface area contributed by atoms with Gasteiger partial charge < -0.3 is 19.8 Å². The molecule has 4 aromatic rings. The lowest BCUT2D eigenvalue weighted by Gasteiger charge is -2.08. The number of anilines is 1. The molecule has 7 nitrogen and oxygen atoms in total. The molecular formula is C22H22N4O3S. The Hall–Kier alpha value is -3.39. The van der Waals surface area contributed by atoms with Gasteiger partial charge in [0.05, 0.1) is 30.2 Å². The normalized spacial score (nSPS) is 10.9. The van der Waals surface area contributed by atoms with E-state index in [1.165, 1.54) is 23.2 Å². The van der Waals surface area contributed by atoms with Crippen LogP contribution in [0, 0.1) is 6.92 Å². The van der Waals surface area contributed by atoms with Crippen LogP contribution in [0.2, 0.25) is 0 Å². The molecule has 1 amide bonds. The van der Waals surface area contributed by atoms with Crippen LogP contribution in [0.1, 0.15) is 26.6 Å². The molecule has 8 heteroatoms. The Morgan fingerprint density at radius 1 is 1.20 bits per heavy atom. The number of aryl methyl sites for hydroxylation is 1. The largest absolute Gasteiger partial charge is 0.497 e. The minimum atomic E-state index is -0.143. The number of aromatic nitrogens is 2. The standard InChI is InChI=1S/C22H22N4O3S/c1-14-18-20(23-10-9-15-5-7-16(28-2)8-6-15)25-13-26-22(18)30-19(14)21(27)24-12-17-4-3-11-29-17/h3-8,11,13H,9-10,12H2,1-2H3,(H,24,27)(H,23,25,26). The van der Waals surface area contributed by atoms with Crippen molar-refractivity contribution in [1.29, 1.82) is 0 Å². The van der Waals surface area contributed by atoms with Gasteiger partial charge in [-0.3, -0.25) is 4.79 Å². The fraction of sp³-hybridized carbons (Fsp3) is 0.227. The molecule has 0 radical (unpaired) electrons. The summed E-state index contributed by atoms with van der Waals surface area (Å²) in [4.78, 5) is 22.9. The number of rotatable bonds is 8. The molecule has 0 aliphatic rings. The van der Waals surface area contributed by atoms with Gasteiger partial charge in [0, 0.05) is 6.54 Å². The molecule has 154 valence electrons. The fourth-order valence-corrected chi connectivity index (χ4v) is 4.27. The summed E-state index contributed by atoms with van der Waals surface area (Å²) in [6.45, 7) is 2.99. The number of fused-ring (bicyclic) bond motifs is 1. The molecule has 3 heterocycles. The number of furan rings is 1. The van der Waals surface area contributed by atoms with Crippen molar-refractivity contribution in [1.82, 2.24) is 15.3 Å². The number of amides is 1. The Morgan fingerprint density at radius 2 is 2.03 bits per heavy atom. The number of nitrogens with one attached hydrogen (secondary N) is 2. The summed E-state index contributed by atoms with van der Waals surface area (Å²) in [6.07, 6.45) is 3.96. The average Bonchev–Trinajstić information content (AvgIpc) is 3.41. The van der Waals surface area contributed by atoms with Crippen LogP contribution in [0.4, 0.5) is 5.82 Å². The number of methoxy groups -OCH3 is 1. The summed E-state index contributed by atoms with van der Waals surface area (Å²) in [5.74, 6) is 2.15. The molecule has 0 fully saturated rings. The van der Waals surface area contributed by atoms with Gasteiger partial charge in [-0.1, -0.05) is 12.1 Å². The van der Waals surface area contributed by atoms with E-state index in [1.807, 2.05) is 37.3 Å². The maximum Gasteiger partial charge on any atom is 0.262 e. The molecule has 30 heavy (non-hydrogen) atoms. The first-order valence-corrected chi connectivity index (χ1v) is 10.4. The predicted octanol–water partition coefficient (Wildman–Crippen LogP) is 4.19. The first-order valence-electron chi connectivity index (χ1n) is 9.57. The number of carbonyl (C=O) groups is 1. The van der Waals surface area contributed by atoms with Crippen LogP contribution in [0.15, 0.2) is 53.4 Å². The van der Waals surface area contributed by atoms with Crippen LogP contribution in [0.25, 0.3) is 10.2 Å². The van der Waals surface area contributed by atoms with Crippen LogP contribution in [0.5, 0.6) is 5.75 Å². The van der Waals surface area contributed by atoms with Gasteiger partial charge in [0.25, 0.3) is 5.91 Å². The lowest BCUT2D eigenvalue weighted by molar-refractivity contribution is 0.0951. The zero-order chi connectivity index (χ0) is 20.9. The highest BCUT2D eigenvalue weighted by Crippen LogP contribution is 2.33. The van der Waals surface area contributed by atoms with Gasteiger partial charge in [0.15, 0.2) is 0 Å². The average molecular weight is 423 g/mol. The molecule has 0 bridgehead atoms. The Kier molecular flexibility index (Phi) is 5.94. The van der Waals surface area contributed by atoms with Crippen molar-refractivity contribution in [2.75, 3.05) is 19.0 Å². The summed E-state index contributed by atoms with van der Waals surface area (Å²) in [6, 6.07) is 11.6. The van der Waals surface area contributed by atoms with Crippen LogP contribution in [-0.4, -0.2) is 29.5 Å². The van der Waals surface area contributed by atoms with Crippen LogP contribution < -0.4 is 15.4 Å². The van der Waals surface area contributed by atoms with E-state index in [0.29, 0.717) is 23.7 Å². The number of nitrogens with zero attached hydrogens (tertiary/aromatic N) is 2. The molecule has 3 aromatic heterocycles. The van der Waals surface area contributed by atoms with Gasteiger partial charge in [-0.2, -0.15) is 0 Å². The van der Waals surface area contributed by atoms with Crippen molar-refractivity contribution in [3.63, 3.8) is 0 Å².